The van der Waals surface area contributed by atoms with Crippen molar-refractivity contribution in [2.45, 2.75) is 84.2 Å². The fraction of sp³-hybridized carbons (Fsp3) is 0.189. The summed E-state index contributed by atoms with van der Waals surface area (Å²) in [6.45, 7) is 11.6. The van der Waals surface area contributed by atoms with Crippen LogP contribution in [0.25, 0.3) is 54.5 Å². The number of aromatic amines is 5. The number of sulfonamides is 2. The van der Waals surface area contributed by atoms with Crippen molar-refractivity contribution in [3.63, 3.8) is 0 Å². The molecule has 5 aromatic heterocycles. The second-order valence-corrected chi connectivity index (χ2v) is 31.3. The summed E-state index contributed by atoms with van der Waals surface area (Å²) in [4.78, 5) is 162. The molecule has 8 aromatic carbocycles. The number of carbonyl (C=O) groups is 2. The summed E-state index contributed by atoms with van der Waals surface area (Å²) in [6.07, 6.45) is -4.45. The molecule has 0 aliphatic rings. The Bertz CT molecular complexity index is 7540. The number of nitrogens with one attached hydrogen (secondary N) is 7. The quantitative estimate of drug-likeness (QED) is 0.0160. The molecule has 0 aliphatic carbocycles. The smallest absolute Gasteiger partial charge is 1.00 e. The van der Waals surface area contributed by atoms with Crippen molar-refractivity contribution >= 4 is 165 Å². The van der Waals surface area contributed by atoms with E-state index in [1.54, 1.807) is 71.9 Å². The van der Waals surface area contributed by atoms with E-state index in [1.807, 2.05) is 13.0 Å². The molecule has 0 amide bonds. The maximum absolute atomic E-state index is 12.1. The number of halogens is 5. The van der Waals surface area contributed by atoms with Crippen molar-refractivity contribution in [1.29, 1.82) is 0 Å². The van der Waals surface area contributed by atoms with E-state index in [2.05, 4.69) is 62.2 Å². The van der Waals surface area contributed by atoms with Gasteiger partial charge < -0.3 is 81.9 Å². The molecule has 0 aliphatic heterocycles. The SMILES string of the molecule is C.C.CN.CNS(=O)(=O)c1cc(C)c(N)c(C(=O)O)c1.CNS(=O)(=O)c1cc(C)c2[nH]c(=O)oc(=O)c2c1.C[O-].Cc1cc(N)cc2c(=O)oc(=O)[nH]c12.Cc1cc(S(=O)(=O)Cl)cc2c(=O)oc(=O)[nH]c12.Cc1cc([N+](=O)[O-])cc2c(=O)oc(=O)[nH]c12.Cc1cccc(C(=O)O)c1N.Cc1cccc2c(=O)oc(=O)[nH]c12.Cl.O=N[O-].O=S(=O)=O.OB(O)c1cccc(C(F)(F)F)c1.[H-].[Na+].[Na+].[Na+]. The number of non-ortho nitro benzene ring substituents is 1. The van der Waals surface area contributed by atoms with Crippen LogP contribution in [0.1, 0.15) is 81.5 Å². The van der Waals surface area contributed by atoms with Gasteiger partial charge in [0.05, 0.1) is 90.8 Å². The second kappa shape index (κ2) is 59.2. The van der Waals surface area contributed by atoms with Crippen LogP contribution in [0.3, 0.4) is 0 Å². The normalized spacial score (nSPS) is 10.0. The van der Waals surface area contributed by atoms with Crippen LogP contribution in [-0.4, -0.2) is 135 Å². The first-order chi connectivity index (χ1) is 59.9. The van der Waals surface area contributed by atoms with Crippen LogP contribution in [0.2, 0.25) is 0 Å². The van der Waals surface area contributed by atoms with E-state index in [-0.39, 0.29) is 193 Å². The van der Waals surface area contributed by atoms with E-state index in [1.165, 1.54) is 63.6 Å². The minimum atomic E-state index is -4.45. The Labute approximate surface area is 837 Å². The third-order valence-corrected chi connectivity index (χ3v) is 20.2. The van der Waals surface area contributed by atoms with Crippen molar-refractivity contribution in [1.82, 2.24) is 34.4 Å². The summed E-state index contributed by atoms with van der Waals surface area (Å²) in [5.74, 6) is -6.36. The van der Waals surface area contributed by atoms with E-state index in [4.69, 9.17) is 76.0 Å². The van der Waals surface area contributed by atoms with Gasteiger partial charge in [-0.1, -0.05) is 63.4 Å². The number of benzene rings is 8. The molecule has 0 spiro atoms. The number of carboxylic acids is 2. The van der Waals surface area contributed by atoms with Gasteiger partial charge in [-0.05, 0) is 175 Å². The van der Waals surface area contributed by atoms with Gasteiger partial charge in [0.1, 0.15) is 0 Å². The Hall–Kier alpha value is -11.7. The number of nitrogens with two attached hydrogens (primary N) is 4. The van der Waals surface area contributed by atoms with Crippen LogP contribution < -0.4 is 189 Å². The molecule has 5 heterocycles. The Kier molecular flexibility index (Phi) is 57.8. The molecule has 0 atom stereocenters. The van der Waals surface area contributed by atoms with Crippen LogP contribution in [0, 0.1) is 68.7 Å². The number of aromatic nitrogens is 5. The van der Waals surface area contributed by atoms with Crippen LogP contribution in [0.5, 0.6) is 0 Å². The number of nitro benzene ring substituents is 1. The van der Waals surface area contributed by atoms with E-state index >= 15 is 0 Å². The molecule has 61 heteroatoms. The maximum atomic E-state index is 12.1. The fourth-order valence-corrected chi connectivity index (χ4v) is 12.7. The molecule has 135 heavy (non-hydrogen) atoms. The second-order valence-electron chi connectivity index (χ2n) is 24.5. The molecule has 0 fully saturated rings. The summed E-state index contributed by atoms with van der Waals surface area (Å²) in [7, 11) is -6.30. The van der Waals surface area contributed by atoms with Crippen LogP contribution in [-0.2, 0) is 45.9 Å². The number of nitrogen functional groups attached to an aromatic ring is 3. The maximum Gasteiger partial charge on any atom is 1.00 e. The van der Waals surface area contributed by atoms with Crippen molar-refractivity contribution in [3.8, 4) is 0 Å². The van der Waals surface area contributed by atoms with Gasteiger partial charge in [-0.15, -0.1) is 30.4 Å². The number of aromatic carboxylic acids is 2. The minimum Gasteiger partial charge on any atom is -1.00 e. The van der Waals surface area contributed by atoms with Gasteiger partial charge in [-0.2, -0.15) is 20.3 Å². The third kappa shape index (κ3) is 39.2. The number of hydrogen-bond donors (Lipinski definition) is 15. The van der Waals surface area contributed by atoms with Gasteiger partial charge >= 0.3 is 181 Å². The Balaban J connectivity index is -0.000000348. The molecule has 19 N–H and O–H groups in total. The molecule has 0 unspecified atom stereocenters. The topological polar surface area (TPSA) is 831 Å². The number of anilines is 3. The summed E-state index contributed by atoms with van der Waals surface area (Å²) in [6, 6.07) is 26.7. The third-order valence-electron chi connectivity index (χ3n) is 16.0. The fourth-order valence-electron chi connectivity index (χ4n) is 10.2. The standard InChI is InChI=1S/C10H10N2O5S.C9H6ClNO5S.C9H6N2O5.C9H12N2O4S.C9H8N2O3.C9H7NO3.C8H9NO2.C7H6BF3O2.CH5N.CH3O.2CH4.ClH.HNO2.3Na.O3S.H/c1-5-3-6(18(15,16)11-2)4-7-8(5)12-10(14)17-9(7)13;1-4-2-5(17(10,14)15)3-6-7(4)11-9(13)16-8(6)12;1-4-2-5(11(14)15)3-6-7(4)10-9(13)16-8(6)12;1-5-3-6(16(14,15)11-2)4-7(8(5)10)9(12)13;1-4-2-5(10)3-6-7(4)11-9(13)14-8(6)12;1-5-3-2-4-6-7(5)10-9(12)13-8(6)11;1-5-3-2-4-6(7(5)9)8(10)11;9-7(10,11)5-2-1-3-6(4-5)8(12)13;2*1-2;;;;2-1-3;;;;1-4(2)3;/h3-4,11H,1-2H3,(H,12,14);2-3H,1H3,(H,11,13);2-3H,1H3,(H,10,13);3-4,11H,10H2,1-2H3,(H,12,13);2-3H,10H2,1H3,(H,11,13);2-4H,1H3,(H,10,12);2-4H,9H2,1H3,(H,10,11);1-4,12-13H;2H2,1H3;1H3;2*1H4;1H;(H,2,3);;;;;/q;;;;;;;;;-1;;;;;3*+1;;-1/p-1. The largest absolute Gasteiger partial charge is 1.00 e. The van der Waals surface area contributed by atoms with Gasteiger partial charge in [0.2, 0.25) is 20.0 Å². The van der Waals surface area contributed by atoms with E-state index < -0.39 is 132 Å². The predicted molar refractivity (Wildman–Crippen MR) is 479 cm³/mol. The zero-order chi connectivity index (χ0) is 99.2. The van der Waals surface area contributed by atoms with Crippen LogP contribution in [0.15, 0.2) is 211 Å². The van der Waals surface area contributed by atoms with Gasteiger partial charge in [0.15, 0.2) is 0 Å². The summed E-state index contributed by atoms with van der Waals surface area (Å²) in [5.41, 5.74) is 22.6. The molecule has 48 nitrogen and oxygen atoms in total. The monoisotopic (exact) mass is 2050 g/mol. The van der Waals surface area contributed by atoms with Gasteiger partial charge in [-0.25, -0.2) is 92.2 Å². The summed E-state index contributed by atoms with van der Waals surface area (Å²) >= 11 is 0. The minimum absolute atomic E-state index is 0. The van der Waals surface area contributed by atoms with Gasteiger partial charge in [0.25, 0.3) is 14.7 Å². The number of carboxylic acid groups (broad SMARTS) is 2. The molecule has 13 rings (SSSR count). The first-order valence-electron chi connectivity index (χ1n) is 34.4. The van der Waals surface area contributed by atoms with Crippen LogP contribution >= 0.6 is 23.1 Å². The first kappa shape index (κ1) is 132. The molecule has 0 radical (unpaired) electrons. The number of para-hydroxylation sites is 2. The first-order valence-corrected chi connectivity index (χ1v) is 40.6. The molecular weight excluding hydrogens is 1970 g/mol. The Morgan fingerprint density at radius 1 is 0.489 bits per heavy atom. The van der Waals surface area contributed by atoms with Crippen molar-refractivity contribution in [2.24, 2.45) is 11.1 Å². The summed E-state index contributed by atoms with van der Waals surface area (Å²) in [5, 5.41) is 63.2. The molecule has 718 valence electrons. The van der Waals surface area contributed by atoms with Crippen molar-refractivity contribution in [3.05, 3.63) is 302 Å². The molecule has 0 bridgehead atoms. The number of nitrogens with zero attached hydrogens (tertiary/aromatic N) is 2. The number of rotatable bonds is 9. The number of aryl methyl sites for hydroxylation is 7. The molecule has 0 saturated heterocycles. The Morgan fingerprint density at radius 2 is 0.793 bits per heavy atom. The van der Waals surface area contributed by atoms with Crippen molar-refractivity contribution < 1.29 is 203 Å². The zero-order valence-electron chi connectivity index (χ0n) is 72.3. The van der Waals surface area contributed by atoms with Gasteiger partial charge in [0, 0.05) is 39.9 Å². The number of alkyl halides is 3. The Morgan fingerprint density at radius 3 is 1.15 bits per heavy atom. The number of nitro groups is 1. The average molecular weight is 2050 g/mol. The van der Waals surface area contributed by atoms with Crippen LogP contribution in [0.4, 0.5) is 35.9 Å². The van der Waals surface area contributed by atoms with Crippen molar-refractivity contribution in [2.75, 3.05) is 45.5 Å². The molecule has 13 aromatic rings. The number of H-pyrrole nitrogens is 5. The van der Waals surface area contributed by atoms with Gasteiger partial charge in [-0.3, -0.25) is 35.0 Å². The molecule has 0 saturated carbocycles. The number of hydrogen-bond acceptors (Lipinski definition) is 38. The average Bonchev–Trinajstić information content (AvgIpc) is 0.777. The molecular formula is C74H82BCl2F3N13Na3O35S4. The predicted octanol–water partition coefficient (Wildman–Crippen LogP) is -5.26. The van der Waals surface area contributed by atoms with E-state index in [0.717, 1.165) is 65.5 Å². The number of fused-ring (bicyclic) bond motifs is 5. The zero-order valence-corrected chi connectivity index (χ0v) is 82.2. The van der Waals surface area contributed by atoms with E-state index in [9.17, 15) is 106 Å². The van der Waals surface area contributed by atoms with E-state index in [0.29, 0.717) is 61.5 Å². The summed E-state index contributed by atoms with van der Waals surface area (Å²) < 4.78 is 156.